The molecule has 2 atom stereocenters. The number of hydrogen-bond donors (Lipinski definition) is 3. The van der Waals surface area contributed by atoms with Gasteiger partial charge in [-0.2, -0.15) is 0 Å². The molecule has 10 nitrogen and oxygen atoms in total. The highest BCUT2D eigenvalue weighted by atomic mass is 35.5. The van der Waals surface area contributed by atoms with Crippen LogP contribution in [0.3, 0.4) is 0 Å². The molecule has 0 aliphatic heterocycles. The number of halogens is 1. The second-order valence-electron chi connectivity index (χ2n) is 12.0. The van der Waals surface area contributed by atoms with Gasteiger partial charge in [0.05, 0.1) is 29.9 Å². The van der Waals surface area contributed by atoms with Crippen LogP contribution in [0.15, 0.2) is 91.1 Å². The van der Waals surface area contributed by atoms with Crippen LogP contribution in [0.5, 0.6) is 0 Å². The molecule has 0 bridgehead atoms. The smallest absolute Gasteiger partial charge is 0.269 e. The summed E-state index contributed by atoms with van der Waals surface area (Å²) in [7, 11) is 0.00161. The fourth-order valence-corrected chi connectivity index (χ4v) is 10.3. The monoisotopic (exact) mass is 695 g/mol. The number of aromatic nitrogens is 3. The van der Waals surface area contributed by atoms with Crippen LogP contribution in [0.1, 0.15) is 75.9 Å². The molecule has 0 spiro atoms. The fourth-order valence-electron chi connectivity index (χ4n) is 6.06. The van der Waals surface area contributed by atoms with E-state index in [1.165, 1.54) is 60.6 Å². The minimum atomic E-state index is -1.93. The van der Waals surface area contributed by atoms with Gasteiger partial charge in [-0.15, -0.1) is 0 Å². The quantitative estimate of drug-likeness (QED) is 0.0557. The van der Waals surface area contributed by atoms with Crippen LogP contribution in [-0.4, -0.2) is 54.8 Å². The molecule has 48 heavy (non-hydrogen) atoms. The number of nitrogens with zero attached hydrogens (tertiary/aromatic N) is 4. The third-order valence-electron chi connectivity index (χ3n) is 8.64. The lowest BCUT2D eigenvalue weighted by atomic mass is 10.0. The van der Waals surface area contributed by atoms with Crippen molar-refractivity contribution in [3.05, 3.63) is 107 Å². The van der Waals surface area contributed by atoms with Gasteiger partial charge in [-0.05, 0) is 61.2 Å². The molecule has 0 aliphatic rings. The number of nitro groups is 1. The molecule has 4 aromatic rings. The van der Waals surface area contributed by atoms with Gasteiger partial charge in [0.25, 0.3) is 5.69 Å². The molecule has 0 fully saturated rings. The van der Waals surface area contributed by atoms with Gasteiger partial charge in [-0.25, -0.2) is 0 Å². The van der Waals surface area contributed by atoms with Crippen molar-refractivity contribution in [2.45, 2.75) is 76.4 Å². The van der Waals surface area contributed by atoms with Crippen LogP contribution in [-0.2, 0) is 11.8 Å². The van der Waals surface area contributed by atoms with Crippen LogP contribution >= 0.6 is 7.26 Å². The summed E-state index contributed by atoms with van der Waals surface area (Å²) in [6, 6.07) is 26.2. The predicted molar refractivity (Wildman–Crippen MR) is 188 cm³/mol. The largest absolute Gasteiger partial charge is 1.00 e. The Balaban J connectivity index is 0.00000625. The Morgan fingerprint density at radius 1 is 0.854 bits per heavy atom. The van der Waals surface area contributed by atoms with Crippen LogP contribution in [0.2, 0.25) is 0 Å². The Morgan fingerprint density at radius 2 is 1.38 bits per heavy atom. The average Bonchev–Trinajstić information content (AvgIpc) is 3.54. The first kappa shape index (κ1) is 38.8. The molecule has 1 amide bonds. The maximum absolute atomic E-state index is 12.4. The van der Waals surface area contributed by atoms with E-state index < -0.39 is 30.9 Å². The predicted octanol–water partition coefficient (Wildman–Crippen LogP) is 2.13. The highest BCUT2D eigenvalue weighted by Crippen LogP contribution is 2.55. The number of amides is 1. The second-order valence-corrected chi connectivity index (χ2v) is 15.6. The SMILES string of the molecule is Cn1cc([P+](CCCCCCCCCCCC(=O)N[C@H](CO)[C@H](O)c2ccc([N+](=O)[O-])cc2)(c2ccccc2)c2ccccc2)nn1.[Cl-]. The number of rotatable bonds is 20. The van der Waals surface area contributed by atoms with Gasteiger partial charge in [-0.1, -0.05) is 85.2 Å². The van der Waals surface area contributed by atoms with E-state index in [4.69, 9.17) is 0 Å². The molecule has 3 N–H and O–H groups in total. The van der Waals surface area contributed by atoms with Crippen molar-refractivity contribution in [2.24, 2.45) is 7.05 Å². The number of benzene rings is 3. The van der Waals surface area contributed by atoms with E-state index in [2.05, 4.69) is 82.5 Å². The third kappa shape index (κ3) is 10.7. The summed E-state index contributed by atoms with van der Waals surface area (Å²) in [5, 5.41) is 45.5. The van der Waals surface area contributed by atoms with Crippen molar-refractivity contribution in [1.82, 2.24) is 20.3 Å². The topological polar surface area (TPSA) is 143 Å². The molecule has 258 valence electrons. The van der Waals surface area contributed by atoms with E-state index in [1.54, 1.807) is 0 Å². The normalized spacial score (nSPS) is 12.6. The van der Waals surface area contributed by atoms with Gasteiger partial charge in [0, 0.05) is 25.6 Å². The van der Waals surface area contributed by atoms with Crippen LogP contribution < -0.4 is 33.8 Å². The van der Waals surface area contributed by atoms with Crippen molar-refractivity contribution < 1.29 is 32.3 Å². The molecule has 0 radical (unpaired) electrons. The maximum Gasteiger partial charge on any atom is 0.269 e. The lowest BCUT2D eigenvalue weighted by Crippen LogP contribution is -3.00. The Hall–Kier alpha value is -3.69. The average molecular weight is 696 g/mol. The van der Waals surface area contributed by atoms with Gasteiger partial charge in [0.1, 0.15) is 24.0 Å². The number of hydrogen-bond acceptors (Lipinski definition) is 7. The first-order valence-corrected chi connectivity index (χ1v) is 18.5. The van der Waals surface area contributed by atoms with Crippen LogP contribution in [0.4, 0.5) is 5.69 Å². The Kier molecular flexibility index (Phi) is 16.1. The van der Waals surface area contributed by atoms with Gasteiger partial charge >= 0.3 is 0 Å². The summed E-state index contributed by atoms with van der Waals surface area (Å²) in [5.41, 5.74) is 1.39. The van der Waals surface area contributed by atoms with Gasteiger partial charge in [0.15, 0.2) is 0 Å². The Morgan fingerprint density at radius 3 is 1.85 bits per heavy atom. The highest BCUT2D eigenvalue weighted by molar-refractivity contribution is 7.95. The number of non-ortho nitro benzene ring substituents is 1. The number of nitrogens with one attached hydrogen (secondary N) is 1. The van der Waals surface area contributed by atoms with E-state index in [0.717, 1.165) is 43.7 Å². The van der Waals surface area contributed by atoms with E-state index in [0.29, 0.717) is 12.0 Å². The van der Waals surface area contributed by atoms with Gasteiger partial charge < -0.3 is 27.9 Å². The maximum atomic E-state index is 12.4. The van der Waals surface area contributed by atoms with Crippen molar-refractivity contribution >= 4 is 34.9 Å². The summed E-state index contributed by atoms with van der Waals surface area (Å²) >= 11 is 0. The number of nitro benzene ring substituents is 1. The minimum absolute atomic E-state index is 0. The van der Waals surface area contributed by atoms with Crippen molar-refractivity contribution in [2.75, 3.05) is 12.8 Å². The molecule has 0 saturated carbocycles. The summed E-state index contributed by atoms with van der Waals surface area (Å²) < 4.78 is 1.81. The summed E-state index contributed by atoms with van der Waals surface area (Å²) in [6.07, 6.45) is 12.0. The van der Waals surface area contributed by atoms with E-state index in [9.17, 15) is 25.1 Å². The molecule has 0 unspecified atom stereocenters. The zero-order chi connectivity index (χ0) is 33.5. The molecular formula is C36H47ClN5O5P. The molecule has 0 saturated heterocycles. The minimum Gasteiger partial charge on any atom is -1.00 e. The summed E-state index contributed by atoms with van der Waals surface area (Å²) in [6.45, 7) is -0.439. The zero-order valence-electron chi connectivity index (χ0n) is 27.5. The number of carbonyl (C=O) groups excluding carboxylic acids is 1. The van der Waals surface area contributed by atoms with E-state index >= 15 is 0 Å². The second kappa shape index (κ2) is 20.0. The lowest BCUT2D eigenvalue weighted by Gasteiger charge is -2.25. The molecule has 0 aliphatic carbocycles. The number of aliphatic hydroxyl groups excluding tert-OH is 2. The number of unbranched alkanes of at least 4 members (excludes halogenated alkanes) is 8. The fraction of sp³-hybridized carbons (Fsp3) is 0.417. The standard InChI is InChI=1S/C36H46N5O5P.ClH/c1-40-27-35(38-39-40)47(31-17-11-9-12-18-31,32-19-13-10-14-20-32)26-16-8-6-4-2-3-5-7-15-21-34(43)37-33(28-42)36(44)29-22-24-30(25-23-29)41(45)46;/h9-14,17-20,22-25,27,33,36,42,44H,2-8,15-16,21,26,28H2,1H3;1H/t33-,36-;/m1./s1. The van der Waals surface area contributed by atoms with Gasteiger partial charge in [-0.3, -0.25) is 19.6 Å². The number of carbonyl (C=O) groups is 1. The third-order valence-corrected chi connectivity index (χ3v) is 13.0. The first-order valence-electron chi connectivity index (χ1n) is 16.5. The molecular weight excluding hydrogens is 649 g/mol. The molecule has 3 aromatic carbocycles. The lowest BCUT2D eigenvalue weighted by molar-refractivity contribution is -0.384. The van der Waals surface area contributed by atoms with E-state index in [-0.39, 0.29) is 24.0 Å². The van der Waals surface area contributed by atoms with Crippen LogP contribution in [0.25, 0.3) is 0 Å². The summed E-state index contributed by atoms with van der Waals surface area (Å²) in [4.78, 5) is 22.8. The summed E-state index contributed by atoms with van der Waals surface area (Å²) in [5.74, 6) is -0.226. The van der Waals surface area contributed by atoms with Crippen molar-refractivity contribution in [1.29, 1.82) is 0 Å². The highest BCUT2D eigenvalue weighted by Gasteiger charge is 2.47. The molecule has 1 aromatic heterocycles. The van der Waals surface area contributed by atoms with Crippen molar-refractivity contribution in [3.63, 3.8) is 0 Å². The number of aliphatic hydroxyl groups is 2. The van der Waals surface area contributed by atoms with Crippen molar-refractivity contribution in [3.8, 4) is 0 Å². The molecule has 12 heteroatoms. The molecule has 4 rings (SSSR count). The molecule has 1 heterocycles. The first-order chi connectivity index (χ1) is 22.8. The number of aryl methyl sites for hydroxylation is 1. The Labute approximate surface area is 289 Å². The Bertz CT molecular complexity index is 1490. The van der Waals surface area contributed by atoms with E-state index in [1.807, 2.05) is 11.7 Å². The zero-order valence-corrected chi connectivity index (χ0v) is 29.2. The van der Waals surface area contributed by atoms with Gasteiger partial charge in [0.2, 0.25) is 11.3 Å². The van der Waals surface area contributed by atoms with Crippen LogP contribution in [0, 0.1) is 10.1 Å².